The van der Waals surface area contributed by atoms with E-state index in [9.17, 15) is 9.59 Å². The van der Waals surface area contributed by atoms with E-state index in [0.29, 0.717) is 12.3 Å². The molecule has 1 aromatic carbocycles. The molecular formula is C17H24N2O3. The molecule has 1 aliphatic heterocycles. The van der Waals surface area contributed by atoms with Crippen molar-refractivity contribution >= 4 is 17.5 Å². The van der Waals surface area contributed by atoms with Crippen molar-refractivity contribution in [2.24, 2.45) is 5.92 Å². The summed E-state index contributed by atoms with van der Waals surface area (Å²) < 4.78 is 5.19. The van der Waals surface area contributed by atoms with E-state index in [4.69, 9.17) is 4.74 Å². The number of rotatable bonds is 5. The fourth-order valence-electron chi connectivity index (χ4n) is 2.44. The molecule has 1 fully saturated rings. The number of methoxy groups -OCH3 is 1. The van der Waals surface area contributed by atoms with Crippen molar-refractivity contribution in [3.8, 4) is 5.75 Å². The largest absolute Gasteiger partial charge is 0.497 e. The lowest BCUT2D eigenvalue weighted by atomic mass is 9.99. The number of anilines is 1. The van der Waals surface area contributed by atoms with Crippen LogP contribution in [0.1, 0.15) is 33.6 Å². The molecule has 120 valence electrons. The molecule has 0 spiro atoms. The first kappa shape index (κ1) is 16.3. The third-order valence-electron chi connectivity index (χ3n) is 4.21. The maximum atomic E-state index is 12.4. The second-order valence-corrected chi connectivity index (χ2v) is 6.33. The molecule has 0 saturated carbocycles. The molecule has 2 amide bonds. The minimum atomic E-state index is -0.301. The summed E-state index contributed by atoms with van der Waals surface area (Å²) in [5, 5.41) is 3.02. The second-order valence-electron chi connectivity index (χ2n) is 6.33. The Morgan fingerprint density at radius 1 is 1.45 bits per heavy atom. The second kappa shape index (κ2) is 6.38. The molecule has 0 aromatic heterocycles. The quantitative estimate of drug-likeness (QED) is 0.908. The van der Waals surface area contributed by atoms with E-state index in [1.54, 1.807) is 12.0 Å². The molecule has 1 heterocycles. The first-order valence-corrected chi connectivity index (χ1v) is 7.62. The molecule has 1 atom stereocenters. The Morgan fingerprint density at radius 3 is 2.82 bits per heavy atom. The molecule has 5 heteroatoms. The van der Waals surface area contributed by atoms with Crippen molar-refractivity contribution < 1.29 is 14.3 Å². The Kier molecular flexibility index (Phi) is 4.74. The van der Waals surface area contributed by atoms with E-state index in [-0.39, 0.29) is 29.7 Å². The summed E-state index contributed by atoms with van der Waals surface area (Å²) >= 11 is 0. The van der Waals surface area contributed by atoms with Crippen molar-refractivity contribution in [1.29, 1.82) is 0 Å². The number of amides is 2. The van der Waals surface area contributed by atoms with Gasteiger partial charge in [-0.2, -0.15) is 0 Å². The zero-order chi connectivity index (χ0) is 16.3. The van der Waals surface area contributed by atoms with Crippen LogP contribution < -0.4 is 15.0 Å². The van der Waals surface area contributed by atoms with E-state index in [0.717, 1.165) is 12.1 Å². The zero-order valence-electron chi connectivity index (χ0n) is 13.7. The molecule has 2 rings (SSSR count). The van der Waals surface area contributed by atoms with Gasteiger partial charge >= 0.3 is 0 Å². The van der Waals surface area contributed by atoms with Gasteiger partial charge in [0, 0.05) is 30.3 Å². The van der Waals surface area contributed by atoms with Gasteiger partial charge in [0.2, 0.25) is 11.8 Å². The van der Waals surface area contributed by atoms with Gasteiger partial charge in [0.25, 0.3) is 0 Å². The Hall–Kier alpha value is -2.04. The van der Waals surface area contributed by atoms with Gasteiger partial charge in [0.15, 0.2) is 0 Å². The maximum absolute atomic E-state index is 12.4. The lowest BCUT2D eigenvalue weighted by Gasteiger charge is -2.26. The summed E-state index contributed by atoms with van der Waals surface area (Å²) in [5.74, 6) is 0.322. The topological polar surface area (TPSA) is 58.6 Å². The van der Waals surface area contributed by atoms with Crippen LogP contribution in [0.3, 0.4) is 0 Å². The van der Waals surface area contributed by atoms with Crippen LogP contribution in [-0.4, -0.2) is 31.0 Å². The average molecular weight is 304 g/mol. The molecule has 1 N–H and O–H groups in total. The zero-order valence-corrected chi connectivity index (χ0v) is 13.7. The minimum Gasteiger partial charge on any atom is -0.497 e. The van der Waals surface area contributed by atoms with Crippen molar-refractivity contribution in [3.05, 3.63) is 24.3 Å². The van der Waals surface area contributed by atoms with Crippen LogP contribution in [0.25, 0.3) is 0 Å². The summed E-state index contributed by atoms with van der Waals surface area (Å²) in [6, 6.07) is 7.35. The summed E-state index contributed by atoms with van der Waals surface area (Å²) in [6.45, 7) is 6.42. The highest BCUT2D eigenvalue weighted by atomic mass is 16.5. The highest BCUT2D eigenvalue weighted by Crippen LogP contribution is 2.28. The number of carbonyl (C=O) groups excluding carboxylic acids is 2. The number of nitrogens with one attached hydrogen (secondary N) is 1. The van der Waals surface area contributed by atoms with E-state index in [1.807, 2.05) is 45.0 Å². The molecule has 1 aliphatic rings. The van der Waals surface area contributed by atoms with Gasteiger partial charge in [-0.05, 0) is 32.4 Å². The Balaban J connectivity index is 2.09. The van der Waals surface area contributed by atoms with Crippen molar-refractivity contribution in [2.75, 3.05) is 18.6 Å². The third kappa shape index (κ3) is 3.59. The fourth-order valence-corrected chi connectivity index (χ4v) is 2.44. The number of carbonyl (C=O) groups is 2. The van der Waals surface area contributed by atoms with E-state index in [1.165, 1.54) is 0 Å². The van der Waals surface area contributed by atoms with E-state index >= 15 is 0 Å². The highest BCUT2D eigenvalue weighted by molar-refractivity contribution is 6.00. The molecule has 1 aromatic rings. The van der Waals surface area contributed by atoms with Gasteiger partial charge in [-0.25, -0.2) is 0 Å². The van der Waals surface area contributed by atoms with Gasteiger partial charge in [-0.1, -0.05) is 13.0 Å². The summed E-state index contributed by atoms with van der Waals surface area (Å²) in [4.78, 5) is 26.2. The summed E-state index contributed by atoms with van der Waals surface area (Å²) in [5.41, 5.74) is 0.526. The first-order chi connectivity index (χ1) is 10.4. The lowest BCUT2D eigenvalue weighted by molar-refractivity contribution is -0.127. The normalized spacial score (nSPS) is 18.5. The van der Waals surface area contributed by atoms with E-state index in [2.05, 4.69) is 5.32 Å². The number of nitrogens with zero attached hydrogens (tertiary/aromatic N) is 1. The van der Waals surface area contributed by atoms with Crippen LogP contribution in [0.2, 0.25) is 0 Å². The predicted octanol–water partition coefficient (Wildman–Crippen LogP) is 2.35. The van der Waals surface area contributed by atoms with Crippen LogP contribution in [-0.2, 0) is 9.59 Å². The molecular weight excluding hydrogens is 280 g/mol. The number of benzene rings is 1. The molecule has 0 unspecified atom stereocenters. The highest BCUT2D eigenvalue weighted by Gasteiger charge is 2.36. The molecule has 0 aliphatic carbocycles. The van der Waals surface area contributed by atoms with Gasteiger partial charge in [-0.3, -0.25) is 9.59 Å². The SMILES string of the molecule is CCC(C)(C)NC(=O)[C@H]1CC(=O)N(c2cccc(OC)c2)C1. The van der Waals surface area contributed by atoms with Crippen LogP contribution in [0, 0.1) is 5.92 Å². The Morgan fingerprint density at radius 2 is 2.18 bits per heavy atom. The van der Waals surface area contributed by atoms with E-state index < -0.39 is 0 Å². The molecule has 0 bridgehead atoms. The van der Waals surface area contributed by atoms with Gasteiger partial charge in [0.05, 0.1) is 13.0 Å². The molecule has 5 nitrogen and oxygen atoms in total. The van der Waals surface area contributed by atoms with Crippen molar-refractivity contribution in [1.82, 2.24) is 5.32 Å². The fraction of sp³-hybridized carbons (Fsp3) is 0.529. The van der Waals surface area contributed by atoms with Crippen molar-refractivity contribution in [2.45, 2.75) is 39.2 Å². The number of ether oxygens (including phenoxy) is 1. The smallest absolute Gasteiger partial charge is 0.227 e. The monoisotopic (exact) mass is 304 g/mol. The summed E-state index contributed by atoms with van der Waals surface area (Å²) in [7, 11) is 1.59. The number of hydrogen-bond donors (Lipinski definition) is 1. The Labute approximate surface area is 131 Å². The van der Waals surface area contributed by atoms with Gasteiger partial charge in [-0.15, -0.1) is 0 Å². The standard InChI is InChI=1S/C17H24N2O3/c1-5-17(2,3)18-16(21)12-9-15(20)19(11-12)13-7-6-8-14(10-13)22-4/h6-8,10,12H,5,9,11H2,1-4H3,(H,18,21)/t12-/m0/s1. The first-order valence-electron chi connectivity index (χ1n) is 7.62. The van der Waals surface area contributed by atoms with Crippen molar-refractivity contribution in [3.63, 3.8) is 0 Å². The third-order valence-corrected chi connectivity index (χ3v) is 4.21. The predicted molar refractivity (Wildman–Crippen MR) is 86.0 cm³/mol. The minimum absolute atomic E-state index is 0.0253. The lowest BCUT2D eigenvalue weighted by Crippen LogP contribution is -2.46. The van der Waals surface area contributed by atoms with Gasteiger partial charge in [0.1, 0.15) is 5.75 Å². The van der Waals surface area contributed by atoms with Crippen LogP contribution in [0.5, 0.6) is 5.75 Å². The molecule has 0 radical (unpaired) electrons. The van der Waals surface area contributed by atoms with Crippen LogP contribution in [0.15, 0.2) is 24.3 Å². The Bertz CT molecular complexity index is 569. The van der Waals surface area contributed by atoms with Crippen LogP contribution >= 0.6 is 0 Å². The van der Waals surface area contributed by atoms with Crippen LogP contribution in [0.4, 0.5) is 5.69 Å². The summed E-state index contributed by atoms with van der Waals surface area (Å²) in [6.07, 6.45) is 1.10. The molecule has 1 saturated heterocycles. The maximum Gasteiger partial charge on any atom is 0.227 e. The molecule has 22 heavy (non-hydrogen) atoms. The number of hydrogen-bond acceptors (Lipinski definition) is 3. The van der Waals surface area contributed by atoms with Gasteiger partial charge < -0.3 is 15.0 Å². The average Bonchev–Trinajstić information content (AvgIpc) is 2.89.